The van der Waals surface area contributed by atoms with E-state index in [2.05, 4.69) is 33.0 Å². The molecule has 4 rings (SSSR count). The van der Waals surface area contributed by atoms with Crippen LogP contribution in [0.15, 0.2) is 60.1 Å². The second-order valence-electron chi connectivity index (χ2n) is 7.55. The topological polar surface area (TPSA) is 77.0 Å². The molecule has 1 unspecified atom stereocenters. The molecule has 0 saturated heterocycles. The van der Waals surface area contributed by atoms with Crippen LogP contribution < -0.4 is 4.90 Å². The quantitative estimate of drug-likeness (QED) is 0.613. The van der Waals surface area contributed by atoms with Gasteiger partial charge in [0.25, 0.3) is 12.5 Å². The molecule has 1 atom stereocenters. The van der Waals surface area contributed by atoms with Crippen molar-refractivity contribution in [1.29, 1.82) is 0 Å². The number of anilines is 1. The van der Waals surface area contributed by atoms with E-state index in [1.54, 1.807) is 41.2 Å². The lowest BCUT2D eigenvalue weighted by Crippen LogP contribution is -2.28. The van der Waals surface area contributed by atoms with Crippen molar-refractivity contribution in [2.45, 2.75) is 25.9 Å². The highest BCUT2D eigenvalue weighted by molar-refractivity contribution is 6.04. The lowest BCUT2D eigenvalue weighted by atomic mass is 10.0. The van der Waals surface area contributed by atoms with E-state index < -0.39 is 0 Å². The Morgan fingerprint density at radius 2 is 2.19 bits per heavy atom. The molecule has 8 heteroatoms. The number of amides is 1. The summed E-state index contributed by atoms with van der Waals surface area (Å²) in [7, 11) is 3.53. The minimum atomic E-state index is -0.360. The average molecular weight is 430 g/mol. The van der Waals surface area contributed by atoms with Crippen LogP contribution in [0.25, 0.3) is 4.85 Å². The normalized spacial score (nSPS) is 14.8. The molecule has 1 aliphatic rings. The van der Waals surface area contributed by atoms with Gasteiger partial charge in [-0.3, -0.25) is 9.78 Å². The predicted octanol–water partition coefficient (Wildman–Crippen LogP) is 4.05. The summed E-state index contributed by atoms with van der Waals surface area (Å²) in [4.78, 5) is 33.0. The highest BCUT2D eigenvalue weighted by Gasteiger charge is 2.30. The highest BCUT2D eigenvalue weighted by Crippen LogP contribution is 2.29. The number of pyridine rings is 1. The Labute approximate surface area is 187 Å². The molecule has 3 heterocycles. The Balaban J connectivity index is 1.48. The van der Waals surface area contributed by atoms with E-state index in [1.807, 2.05) is 37.4 Å². The number of aromatic nitrogens is 3. The van der Waals surface area contributed by atoms with Gasteiger partial charge in [0.1, 0.15) is 11.3 Å². The Kier molecular flexibility index (Phi) is 6.26. The van der Waals surface area contributed by atoms with Crippen molar-refractivity contribution in [3.8, 4) is 6.07 Å². The van der Waals surface area contributed by atoms with Crippen LogP contribution in [-0.2, 0) is 11.9 Å². The number of carbonyl (C=O) groups excluding carboxylic acids is 1. The molecule has 0 N–H and O–H groups in total. The van der Waals surface area contributed by atoms with Crippen molar-refractivity contribution >= 4 is 17.3 Å². The first-order valence-electron chi connectivity index (χ1n) is 10.5. The van der Waals surface area contributed by atoms with Gasteiger partial charge in [-0.1, -0.05) is 29.1 Å². The summed E-state index contributed by atoms with van der Waals surface area (Å²) in [5.41, 5.74) is 3.88. The molecule has 1 aliphatic heterocycles. The third-order valence-electron chi connectivity index (χ3n) is 5.28. The first-order chi connectivity index (χ1) is 15.6. The van der Waals surface area contributed by atoms with Gasteiger partial charge in [0.2, 0.25) is 0 Å². The van der Waals surface area contributed by atoms with Gasteiger partial charge < -0.3 is 14.3 Å². The smallest absolute Gasteiger partial charge is 0.311 e. The molecular weight excluding hydrogens is 404 g/mol. The van der Waals surface area contributed by atoms with Gasteiger partial charge in [0, 0.05) is 38.7 Å². The Morgan fingerprint density at radius 3 is 2.97 bits per heavy atom. The lowest BCUT2D eigenvalue weighted by molar-refractivity contribution is 0.0767. The number of benzene rings is 1. The van der Waals surface area contributed by atoms with Crippen molar-refractivity contribution in [3.63, 3.8) is 0 Å². The zero-order valence-corrected chi connectivity index (χ0v) is 18.4. The molecule has 0 bridgehead atoms. The van der Waals surface area contributed by atoms with Crippen LogP contribution in [0.2, 0.25) is 0 Å². The number of hydrogen-bond acceptors (Lipinski definition) is 5. The van der Waals surface area contributed by atoms with E-state index in [-0.39, 0.29) is 12.0 Å². The van der Waals surface area contributed by atoms with Crippen LogP contribution >= 0.6 is 0 Å². The maximum Gasteiger partial charge on any atom is 0.311 e. The van der Waals surface area contributed by atoms with E-state index in [4.69, 9.17) is 4.84 Å². The number of oxime groups is 1. The molecule has 0 saturated carbocycles. The van der Waals surface area contributed by atoms with Crippen LogP contribution in [-0.4, -0.2) is 39.7 Å². The largest absolute Gasteiger partial charge is 0.384 e. The SMILES string of the molecule is CCC[N+]#Cc1cccc(C2=NOC(c3ncc(C(=O)N(C)c4cccnc4)n3C)C2)c1. The van der Waals surface area contributed by atoms with Crippen LogP contribution in [0.5, 0.6) is 0 Å². The van der Waals surface area contributed by atoms with Crippen LogP contribution in [0.1, 0.15) is 53.3 Å². The van der Waals surface area contributed by atoms with E-state index >= 15 is 0 Å². The van der Waals surface area contributed by atoms with Crippen molar-refractivity contribution in [2.75, 3.05) is 18.5 Å². The summed E-state index contributed by atoms with van der Waals surface area (Å²) in [5, 5.41) is 4.28. The van der Waals surface area contributed by atoms with E-state index in [9.17, 15) is 4.79 Å². The summed E-state index contributed by atoms with van der Waals surface area (Å²) in [6.07, 6.45) is 6.08. The summed E-state index contributed by atoms with van der Waals surface area (Å²) in [5.74, 6) is 0.479. The van der Waals surface area contributed by atoms with Gasteiger partial charge >= 0.3 is 6.07 Å². The molecule has 1 aromatic carbocycles. The van der Waals surface area contributed by atoms with Gasteiger partial charge in [0.05, 0.1) is 23.8 Å². The van der Waals surface area contributed by atoms with Gasteiger partial charge in [-0.2, -0.15) is 0 Å². The second-order valence-corrected chi connectivity index (χ2v) is 7.55. The minimum absolute atomic E-state index is 0.173. The second kappa shape index (κ2) is 9.43. The van der Waals surface area contributed by atoms with Gasteiger partial charge in [-0.15, -0.1) is 0 Å². The molecule has 8 nitrogen and oxygen atoms in total. The lowest BCUT2D eigenvalue weighted by Gasteiger charge is -2.17. The summed E-state index contributed by atoms with van der Waals surface area (Å²) >= 11 is 0. The van der Waals surface area contributed by atoms with Crippen molar-refractivity contribution in [2.24, 2.45) is 12.2 Å². The number of imidazole rings is 1. The third kappa shape index (κ3) is 4.37. The van der Waals surface area contributed by atoms with Crippen molar-refractivity contribution in [3.05, 3.63) is 82.5 Å². The number of rotatable bonds is 5. The number of carbonyl (C=O) groups is 1. The zero-order chi connectivity index (χ0) is 22.5. The standard InChI is InChI=1S/C24H25N6O2/c1-4-10-25-14-17-7-5-8-18(12-17)20-13-22(32-28-20)23-27-16-21(30(23)3)24(31)29(2)19-9-6-11-26-15-19/h5-9,11-12,15-16,22H,4,10,13H2,1-3H3/q+1. The minimum Gasteiger partial charge on any atom is -0.384 e. The molecule has 0 spiro atoms. The van der Waals surface area contributed by atoms with Gasteiger partial charge in [-0.05, 0) is 24.3 Å². The molecule has 0 aliphatic carbocycles. The molecular formula is C24H25N6O2+. The van der Waals surface area contributed by atoms with Crippen LogP contribution in [0.3, 0.4) is 0 Å². The Morgan fingerprint density at radius 1 is 1.31 bits per heavy atom. The van der Waals surface area contributed by atoms with E-state index in [0.29, 0.717) is 23.6 Å². The molecule has 0 fully saturated rings. The van der Waals surface area contributed by atoms with E-state index in [1.165, 1.54) is 0 Å². The summed E-state index contributed by atoms with van der Waals surface area (Å²) in [6.45, 7) is 2.84. The van der Waals surface area contributed by atoms with Gasteiger partial charge in [0.15, 0.2) is 11.9 Å². The monoisotopic (exact) mass is 429 g/mol. The van der Waals surface area contributed by atoms with E-state index in [0.717, 1.165) is 29.8 Å². The van der Waals surface area contributed by atoms with Crippen LogP contribution in [0.4, 0.5) is 5.69 Å². The molecule has 162 valence electrons. The average Bonchev–Trinajstić information content (AvgIpc) is 3.46. The zero-order valence-electron chi connectivity index (χ0n) is 18.4. The fourth-order valence-corrected chi connectivity index (χ4v) is 3.48. The first-order valence-corrected chi connectivity index (χ1v) is 10.5. The summed E-state index contributed by atoms with van der Waals surface area (Å²) < 4.78 is 1.76. The Hall–Kier alpha value is -3.99. The van der Waals surface area contributed by atoms with Crippen molar-refractivity contribution in [1.82, 2.24) is 14.5 Å². The fraction of sp³-hybridized carbons (Fsp3) is 0.292. The van der Waals surface area contributed by atoms with Crippen LogP contribution in [0, 0.1) is 6.07 Å². The Bertz CT molecular complexity index is 1210. The van der Waals surface area contributed by atoms with Gasteiger partial charge in [-0.25, -0.2) is 4.98 Å². The highest BCUT2D eigenvalue weighted by atomic mass is 16.6. The summed E-state index contributed by atoms with van der Waals surface area (Å²) in [6, 6.07) is 14.6. The molecule has 3 aromatic rings. The molecule has 32 heavy (non-hydrogen) atoms. The predicted molar refractivity (Wildman–Crippen MR) is 123 cm³/mol. The molecule has 2 aromatic heterocycles. The maximum atomic E-state index is 13.0. The third-order valence-corrected chi connectivity index (χ3v) is 5.28. The fourth-order valence-electron chi connectivity index (χ4n) is 3.48. The number of hydrogen-bond donors (Lipinski definition) is 0. The molecule has 1 amide bonds. The molecule has 0 radical (unpaired) electrons. The first kappa shape index (κ1) is 21.2. The maximum absolute atomic E-state index is 13.0. The van der Waals surface area contributed by atoms with Crippen molar-refractivity contribution < 1.29 is 9.63 Å². The number of nitrogens with zero attached hydrogens (tertiary/aromatic N) is 6.